The zero-order valence-corrected chi connectivity index (χ0v) is 18.6. The van der Waals surface area contributed by atoms with Gasteiger partial charge in [-0.15, -0.1) is 0 Å². The molecule has 0 N–H and O–H groups in total. The Labute approximate surface area is 185 Å². The summed E-state index contributed by atoms with van der Waals surface area (Å²) in [5.74, 6) is -0.339. The van der Waals surface area contributed by atoms with Crippen molar-refractivity contribution in [2.75, 3.05) is 0 Å². The highest BCUT2D eigenvalue weighted by Gasteiger charge is 2.33. The van der Waals surface area contributed by atoms with Gasteiger partial charge in [0.1, 0.15) is 5.60 Å². The van der Waals surface area contributed by atoms with E-state index in [1.165, 1.54) is 0 Å². The fraction of sp³-hybridized carbons (Fsp3) is 0.348. The first kappa shape index (κ1) is 21.1. The second kappa shape index (κ2) is 7.52. The molecule has 7 nitrogen and oxygen atoms in total. The summed E-state index contributed by atoms with van der Waals surface area (Å²) in [5.41, 5.74) is 11.4. The number of ether oxygens (including phenoxy) is 1. The van der Waals surface area contributed by atoms with E-state index in [-0.39, 0.29) is 5.97 Å². The largest absolute Gasteiger partial charge is 0.456 e. The summed E-state index contributed by atoms with van der Waals surface area (Å²) < 4.78 is 5.44. The van der Waals surface area contributed by atoms with Crippen molar-refractivity contribution in [2.24, 2.45) is 5.11 Å². The molecule has 1 aliphatic heterocycles. The van der Waals surface area contributed by atoms with Crippen LogP contribution in [0.5, 0.6) is 0 Å². The number of nitrogens with zero attached hydrogens (tertiary/aromatic N) is 5. The van der Waals surface area contributed by atoms with E-state index in [4.69, 9.17) is 26.9 Å². The fourth-order valence-corrected chi connectivity index (χ4v) is 4.15. The molecule has 1 aliphatic rings. The van der Waals surface area contributed by atoms with Crippen LogP contribution in [0.4, 0.5) is 0 Å². The highest BCUT2D eigenvalue weighted by Crippen LogP contribution is 2.35. The Morgan fingerprint density at radius 3 is 2.74 bits per heavy atom. The van der Waals surface area contributed by atoms with Crippen molar-refractivity contribution in [3.63, 3.8) is 0 Å². The maximum Gasteiger partial charge on any atom is 0.340 e. The molecule has 0 radical (unpaired) electrons. The van der Waals surface area contributed by atoms with Crippen LogP contribution in [0.15, 0.2) is 41.6 Å². The van der Waals surface area contributed by atoms with E-state index in [9.17, 15) is 4.79 Å². The van der Waals surface area contributed by atoms with Crippen molar-refractivity contribution < 1.29 is 9.53 Å². The minimum Gasteiger partial charge on any atom is -0.456 e. The number of cyclic esters (lactones) is 1. The van der Waals surface area contributed by atoms with Crippen molar-refractivity contribution in [1.82, 2.24) is 9.97 Å². The number of hydrogen-bond donors (Lipinski definition) is 0. The number of halogens is 1. The SMILES string of the molecule is CC1(C)Cc2nc(Cc3cc4c(C(C)(C)N=[N+]=[N-])ccc(Cl)c4cn3)ccc2C(=O)O1. The maximum atomic E-state index is 12.2. The number of aromatic nitrogens is 2. The van der Waals surface area contributed by atoms with Gasteiger partial charge in [0.25, 0.3) is 0 Å². The molecule has 0 amide bonds. The lowest BCUT2D eigenvalue weighted by molar-refractivity contribution is -0.00720. The van der Waals surface area contributed by atoms with Crippen LogP contribution in [0, 0.1) is 0 Å². The molecule has 3 aromatic rings. The average Bonchev–Trinajstić information content (AvgIpc) is 2.66. The fourth-order valence-electron chi connectivity index (χ4n) is 3.94. The molecule has 158 valence electrons. The quantitative estimate of drug-likeness (QED) is 0.220. The summed E-state index contributed by atoms with van der Waals surface area (Å²) in [7, 11) is 0. The van der Waals surface area contributed by atoms with Gasteiger partial charge in [0.15, 0.2) is 0 Å². The van der Waals surface area contributed by atoms with Crippen molar-refractivity contribution in [3.05, 3.63) is 80.2 Å². The number of pyridine rings is 2. The summed E-state index contributed by atoms with van der Waals surface area (Å²) in [4.78, 5) is 24.5. The number of esters is 1. The number of azide groups is 1. The first-order chi connectivity index (χ1) is 14.6. The molecule has 0 spiro atoms. The highest BCUT2D eigenvalue weighted by atomic mass is 35.5. The van der Waals surface area contributed by atoms with Crippen molar-refractivity contribution in [1.29, 1.82) is 0 Å². The number of carbonyl (C=O) groups is 1. The minimum absolute atomic E-state index is 0.339. The molecule has 0 unspecified atom stereocenters. The third-order valence-electron chi connectivity index (χ3n) is 5.43. The van der Waals surface area contributed by atoms with Gasteiger partial charge in [-0.3, -0.25) is 9.97 Å². The number of hydrogen-bond acceptors (Lipinski definition) is 5. The average molecular weight is 436 g/mol. The number of rotatable bonds is 4. The van der Waals surface area contributed by atoms with Gasteiger partial charge < -0.3 is 4.74 Å². The molecular formula is C23H22ClN5O2. The van der Waals surface area contributed by atoms with Gasteiger partial charge in [0, 0.05) is 45.7 Å². The molecule has 0 saturated carbocycles. The van der Waals surface area contributed by atoms with E-state index < -0.39 is 11.1 Å². The zero-order valence-electron chi connectivity index (χ0n) is 17.8. The zero-order chi connectivity index (χ0) is 22.4. The van der Waals surface area contributed by atoms with Gasteiger partial charge in [0.05, 0.1) is 16.8 Å². The molecule has 1 aromatic carbocycles. The van der Waals surface area contributed by atoms with E-state index >= 15 is 0 Å². The smallest absolute Gasteiger partial charge is 0.340 e. The van der Waals surface area contributed by atoms with Gasteiger partial charge in [0.2, 0.25) is 0 Å². The van der Waals surface area contributed by atoms with Crippen LogP contribution in [0.3, 0.4) is 0 Å². The van der Waals surface area contributed by atoms with E-state index in [0.717, 1.165) is 33.4 Å². The predicted octanol–water partition coefficient (Wildman–Crippen LogP) is 5.91. The van der Waals surface area contributed by atoms with E-state index in [1.54, 1.807) is 18.3 Å². The van der Waals surface area contributed by atoms with Crippen LogP contribution in [0.1, 0.15) is 60.7 Å². The summed E-state index contributed by atoms with van der Waals surface area (Å²) in [5, 5.41) is 6.22. The van der Waals surface area contributed by atoms with Gasteiger partial charge in [-0.25, -0.2) is 4.79 Å². The van der Waals surface area contributed by atoms with Gasteiger partial charge in [-0.05, 0) is 54.6 Å². The molecule has 4 rings (SSSR count). The molecular weight excluding hydrogens is 414 g/mol. The number of benzene rings is 1. The maximum absolute atomic E-state index is 12.2. The Bertz CT molecular complexity index is 1260. The normalized spacial score (nSPS) is 15.2. The van der Waals surface area contributed by atoms with Gasteiger partial charge in [-0.1, -0.05) is 36.6 Å². The first-order valence-corrected chi connectivity index (χ1v) is 10.3. The van der Waals surface area contributed by atoms with Crippen LogP contribution >= 0.6 is 11.6 Å². The molecule has 0 fully saturated rings. The van der Waals surface area contributed by atoms with Crippen LogP contribution in [-0.4, -0.2) is 21.5 Å². The Hall–Kier alpha value is -3.15. The molecule has 3 heterocycles. The lowest BCUT2D eigenvalue weighted by Crippen LogP contribution is -2.36. The van der Waals surface area contributed by atoms with Crippen LogP contribution in [-0.2, 0) is 23.1 Å². The Balaban J connectivity index is 1.75. The molecule has 0 bridgehead atoms. The van der Waals surface area contributed by atoms with Crippen molar-refractivity contribution in [2.45, 2.75) is 51.7 Å². The second-order valence-corrected chi connectivity index (χ2v) is 9.27. The molecule has 0 atom stereocenters. The third kappa shape index (κ3) is 4.07. The standard InChI is InChI=1S/C23H22ClN5O2/c1-22(2)11-20-15(21(30)31-22)6-5-13(27-20)9-14-10-16-17(12-26-14)19(24)8-7-18(16)23(3,4)28-29-25/h5-8,10,12H,9,11H2,1-4H3. The van der Waals surface area contributed by atoms with Gasteiger partial charge in [-0.2, -0.15) is 0 Å². The van der Waals surface area contributed by atoms with E-state index in [2.05, 4.69) is 15.0 Å². The lowest BCUT2D eigenvalue weighted by Gasteiger charge is -2.30. The summed E-state index contributed by atoms with van der Waals surface area (Å²) in [6.45, 7) is 7.48. The monoisotopic (exact) mass is 435 g/mol. The van der Waals surface area contributed by atoms with Crippen LogP contribution in [0.2, 0.25) is 5.02 Å². The lowest BCUT2D eigenvalue weighted by atomic mass is 9.90. The number of fused-ring (bicyclic) bond motifs is 2. The molecule has 0 saturated heterocycles. The molecule has 8 heteroatoms. The molecule has 2 aromatic heterocycles. The summed E-state index contributed by atoms with van der Waals surface area (Å²) in [6, 6.07) is 9.23. The van der Waals surface area contributed by atoms with Crippen LogP contribution in [0.25, 0.3) is 21.2 Å². The predicted molar refractivity (Wildman–Crippen MR) is 119 cm³/mol. The number of carbonyl (C=O) groups excluding carboxylic acids is 1. The highest BCUT2D eigenvalue weighted by molar-refractivity contribution is 6.35. The summed E-state index contributed by atoms with van der Waals surface area (Å²) >= 11 is 6.39. The Morgan fingerprint density at radius 2 is 2.00 bits per heavy atom. The topological polar surface area (TPSA) is 101 Å². The van der Waals surface area contributed by atoms with Crippen LogP contribution < -0.4 is 0 Å². The van der Waals surface area contributed by atoms with E-state index in [1.807, 2.05) is 45.9 Å². The van der Waals surface area contributed by atoms with Crippen molar-refractivity contribution >= 4 is 28.3 Å². The van der Waals surface area contributed by atoms with E-state index in [0.29, 0.717) is 23.4 Å². The molecule has 0 aliphatic carbocycles. The molecule has 31 heavy (non-hydrogen) atoms. The second-order valence-electron chi connectivity index (χ2n) is 8.86. The first-order valence-electron chi connectivity index (χ1n) is 9.96. The minimum atomic E-state index is -0.744. The Morgan fingerprint density at radius 1 is 1.23 bits per heavy atom. The summed E-state index contributed by atoms with van der Waals surface area (Å²) in [6.07, 6.45) is 2.79. The third-order valence-corrected chi connectivity index (χ3v) is 5.76. The Kier molecular flexibility index (Phi) is 5.12. The van der Waals surface area contributed by atoms with Gasteiger partial charge >= 0.3 is 5.97 Å². The van der Waals surface area contributed by atoms with Crippen molar-refractivity contribution in [3.8, 4) is 0 Å².